The van der Waals surface area contributed by atoms with Gasteiger partial charge < -0.3 is 15.0 Å². The molecular formula is C17H18Cl2N4O2. The summed E-state index contributed by atoms with van der Waals surface area (Å²) in [6.07, 6.45) is 1.49. The lowest BCUT2D eigenvalue weighted by Crippen LogP contribution is -2.38. The molecule has 0 aliphatic carbocycles. The summed E-state index contributed by atoms with van der Waals surface area (Å²) < 4.78 is 5.01. The number of amides is 1. The molecule has 0 unspecified atom stereocenters. The number of ether oxygens (including phenoxy) is 1. The number of hydrogen-bond donors (Lipinski definition) is 1. The van der Waals surface area contributed by atoms with Crippen molar-refractivity contribution in [3.05, 3.63) is 40.4 Å². The number of halogens is 2. The molecule has 2 heterocycles. The van der Waals surface area contributed by atoms with Gasteiger partial charge in [-0.05, 0) is 37.1 Å². The predicted molar refractivity (Wildman–Crippen MR) is 98.6 cm³/mol. The average molecular weight is 381 g/mol. The maximum absolute atomic E-state index is 12.5. The van der Waals surface area contributed by atoms with Crippen molar-refractivity contribution in [1.82, 2.24) is 10.2 Å². The van der Waals surface area contributed by atoms with Gasteiger partial charge in [0.05, 0.1) is 7.11 Å². The lowest BCUT2D eigenvalue weighted by Gasteiger charge is -2.31. The lowest BCUT2D eigenvalue weighted by molar-refractivity contribution is -0.120. The fourth-order valence-electron chi connectivity index (χ4n) is 2.83. The zero-order valence-electron chi connectivity index (χ0n) is 13.7. The van der Waals surface area contributed by atoms with Crippen LogP contribution in [0.1, 0.15) is 12.8 Å². The minimum absolute atomic E-state index is 0.0150. The second kappa shape index (κ2) is 7.89. The third-order valence-corrected chi connectivity index (χ3v) is 4.59. The molecule has 1 aliphatic rings. The molecule has 0 bridgehead atoms. The molecule has 0 spiro atoms. The molecule has 3 rings (SSSR count). The fourth-order valence-corrected chi connectivity index (χ4v) is 3.36. The van der Waals surface area contributed by atoms with E-state index in [-0.39, 0.29) is 11.8 Å². The first-order valence-corrected chi connectivity index (χ1v) is 8.70. The number of aromatic nitrogens is 2. The second-order valence-corrected chi connectivity index (χ2v) is 6.72. The van der Waals surface area contributed by atoms with Crippen LogP contribution in [-0.4, -0.2) is 36.3 Å². The van der Waals surface area contributed by atoms with Crippen molar-refractivity contribution in [3.63, 3.8) is 0 Å². The molecule has 8 heteroatoms. The van der Waals surface area contributed by atoms with Crippen LogP contribution in [0.2, 0.25) is 10.0 Å². The Morgan fingerprint density at radius 2 is 1.84 bits per heavy atom. The van der Waals surface area contributed by atoms with Crippen LogP contribution in [0, 0.1) is 5.92 Å². The van der Waals surface area contributed by atoms with Crippen LogP contribution in [-0.2, 0) is 4.79 Å². The van der Waals surface area contributed by atoms with Gasteiger partial charge in [-0.3, -0.25) is 4.79 Å². The van der Waals surface area contributed by atoms with Crippen molar-refractivity contribution < 1.29 is 9.53 Å². The summed E-state index contributed by atoms with van der Waals surface area (Å²) in [7, 11) is 1.56. The number of hydrogen-bond acceptors (Lipinski definition) is 5. The van der Waals surface area contributed by atoms with Crippen molar-refractivity contribution >= 4 is 40.6 Å². The van der Waals surface area contributed by atoms with Crippen molar-refractivity contribution in [1.29, 1.82) is 0 Å². The summed E-state index contributed by atoms with van der Waals surface area (Å²) in [4.78, 5) is 14.6. The van der Waals surface area contributed by atoms with Crippen LogP contribution in [0.3, 0.4) is 0 Å². The minimum atomic E-state index is -0.0554. The Hall–Kier alpha value is -2.05. The maximum atomic E-state index is 12.5. The van der Waals surface area contributed by atoms with Crippen molar-refractivity contribution in [3.8, 4) is 5.88 Å². The fraction of sp³-hybridized carbons (Fsp3) is 0.353. The molecule has 1 fully saturated rings. The Bertz CT molecular complexity index is 727. The van der Waals surface area contributed by atoms with E-state index in [1.807, 2.05) is 6.07 Å². The summed E-state index contributed by atoms with van der Waals surface area (Å²) in [5.41, 5.74) is 0.617. The normalized spacial score (nSPS) is 15.1. The number of nitrogens with one attached hydrogen (secondary N) is 1. The van der Waals surface area contributed by atoms with E-state index < -0.39 is 0 Å². The first-order chi connectivity index (χ1) is 12.0. The van der Waals surface area contributed by atoms with Crippen LogP contribution in [0.15, 0.2) is 30.3 Å². The van der Waals surface area contributed by atoms with Crippen LogP contribution in [0.4, 0.5) is 11.5 Å². The largest absolute Gasteiger partial charge is 0.480 e. The number of benzene rings is 1. The van der Waals surface area contributed by atoms with Gasteiger partial charge in [-0.15, -0.1) is 10.2 Å². The molecule has 1 aliphatic heterocycles. The molecule has 1 saturated heterocycles. The number of carbonyl (C=O) groups excluding carboxylic acids is 1. The first kappa shape index (κ1) is 17.8. The first-order valence-electron chi connectivity index (χ1n) is 7.95. The summed E-state index contributed by atoms with van der Waals surface area (Å²) in [6.45, 7) is 1.49. The maximum Gasteiger partial charge on any atom is 0.233 e. The molecule has 25 heavy (non-hydrogen) atoms. The van der Waals surface area contributed by atoms with E-state index in [1.165, 1.54) is 0 Å². The molecule has 0 saturated carbocycles. The van der Waals surface area contributed by atoms with Crippen molar-refractivity contribution in [2.45, 2.75) is 12.8 Å². The van der Waals surface area contributed by atoms with Gasteiger partial charge in [0.1, 0.15) is 0 Å². The molecule has 6 nitrogen and oxygen atoms in total. The molecule has 0 radical (unpaired) electrons. The van der Waals surface area contributed by atoms with E-state index in [2.05, 4.69) is 20.4 Å². The monoisotopic (exact) mass is 380 g/mol. The smallest absolute Gasteiger partial charge is 0.233 e. The number of carbonyl (C=O) groups is 1. The Morgan fingerprint density at radius 1 is 1.16 bits per heavy atom. The van der Waals surface area contributed by atoms with Crippen LogP contribution in [0.5, 0.6) is 5.88 Å². The van der Waals surface area contributed by atoms with Gasteiger partial charge >= 0.3 is 0 Å². The van der Waals surface area contributed by atoms with E-state index >= 15 is 0 Å². The molecule has 2 aromatic rings. The van der Waals surface area contributed by atoms with Gasteiger partial charge in [0.25, 0.3) is 0 Å². The minimum Gasteiger partial charge on any atom is -0.480 e. The molecule has 1 aromatic heterocycles. The van der Waals surface area contributed by atoms with Gasteiger partial charge in [0.15, 0.2) is 5.82 Å². The molecule has 0 atom stereocenters. The summed E-state index contributed by atoms with van der Waals surface area (Å²) in [5.74, 6) is 1.21. The standard InChI is InChI=1S/C17H18Cl2N4O2/c1-25-16-3-2-15(21-22-16)23-6-4-11(5-7-23)17(24)20-14-9-12(18)8-13(19)10-14/h2-3,8-11H,4-7H2,1H3,(H,20,24). The van der Waals surface area contributed by atoms with Gasteiger partial charge in [0, 0.05) is 40.8 Å². The Labute approximate surface area is 156 Å². The molecule has 1 aromatic carbocycles. The Balaban J connectivity index is 1.56. The highest BCUT2D eigenvalue weighted by Gasteiger charge is 2.26. The van der Waals surface area contributed by atoms with E-state index in [9.17, 15) is 4.79 Å². The second-order valence-electron chi connectivity index (χ2n) is 5.84. The van der Waals surface area contributed by atoms with E-state index in [4.69, 9.17) is 27.9 Å². The number of piperidine rings is 1. The Morgan fingerprint density at radius 3 is 2.40 bits per heavy atom. The summed E-state index contributed by atoms with van der Waals surface area (Å²) in [5, 5.41) is 12.0. The molecule has 132 valence electrons. The lowest BCUT2D eigenvalue weighted by atomic mass is 9.96. The number of anilines is 2. The Kier molecular flexibility index (Phi) is 5.60. The zero-order chi connectivity index (χ0) is 17.8. The van der Waals surface area contributed by atoms with Crippen LogP contribution < -0.4 is 15.0 Å². The van der Waals surface area contributed by atoms with Gasteiger partial charge in [-0.25, -0.2) is 0 Å². The number of rotatable bonds is 4. The van der Waals surface area contributed by atoms with E-state index in [1.54, 1.807) is 31.4 Å². The van der Waals surface area contributed by atoms with Crippen LogP contribution in [0.25, 0.3) is 0 Å². The molecule has 1 amide bonds. The summed E-state index contributed by atoms with van der Waals surface area (Å²) >= 11 is 11.9. The van der Waals surface area contributed by atoms with Gasteiger partial charge in [-0.2, -0.15) is 0 Å². The van der Waals surface area contributed by atoms with Gasteiger partial charge in [0.2, 0.25) is 11.8 Å². The highest BCUT2D eigenvalue weighted by molar-refractivity contribution is 6.35. The highest BCUT2D eigenvalue weighted by Crippen LogP contribution is 2.26. The summed E-state index contributed by atoms with van der Waals surface area (Å²) in [6, 6.07) is 8.66. The van der Waals surface area contributed by atoms with Crippen molar-refractivity contribution in [2.75, 3.05) is 30.4 Å². The molecular weight excluding hydrogens is 363 g/mol. The van der Waals surface area contributed by atoms with E-state index in [0.717, 1.165) is 31.7 Å². The molecule has 1 N–H and O–H groups in total. The van der Waals surface area contributed by atoms with Gasteiger partial charge in [-0.1, -0.05) is 23.2 Å². The number of nitrogens with zero attached hydrogens (tertiary/aromatic N) is 3. The highest BCUT2D eigenvalue weighted by atomic mass is 35.5. The SMILES string of the molecule is COc1ccc(N2CCC(C(=O)Nc3cc(Cl)cc(Cl)c3)CC2)nn1. The van der Waals surface area contributed by atoms with Crippen LogP contribution >= 0.6 is 23.2 Å². The van der Waals surface area contributed by atoms with Crippen molar-refractivity contribution in [2.24, 2.45) is 5.92 Å². The zero-order valence-corrected chi connectivity index (χ0v) is 15.2. The predicted octanol–water partition coefficient (Wildman–Crippen LogP) is 3.65. The topological polar surface area (TPSA) is 67.3 Å². The quantitative estimate of drug-likeness (QED) is 0.876. The number of methoxy groups -OCH3 is 1. The third kappa shape index (κ3) is 4.52. The third-order valence-electron chi connectivity index (χ3n) is 4.15. The average Bonchev–Trinajstić information content (AvgIpc) is 2.61. The van der Waals surface area contributed by atoms with E-state index in [0.29, 0.717) is 21.6 Å².